The highest BCUT2D eigenvalue weighted by atomic mass is 16.5. The minimum absolute atomic E-state index is 0.0651. The van der Waals surface area contributed by atoms with Gasteiger partial charge in [0.1, 0.15) is 11.6 Å². The van der Waals surface area contributed by atoms with Crippen molar-refractivity contribution in [1.82, 2.24) is 9.55 Å². The lowest BCUT2D eigenvalue weighted by Crippen LogP contribution is -2.38. The Kier molecular flexibility index (Phi) is 4.21. The zero-order chi connectivity index (χ0) is 17.5. The molecule has 7 nitrogen and oxygen atoms in total. The zero-order valence-electron chi connectivity index (χ0n) is 14.2. The van der Waals surface area contributed by atoms with Gasteiger partial charge in [-0.2, -0.15) is 0 Å². The number of H-pyrrole nitrogens is 1. The molecule has 2 aromatic rings. The van der Waals surface area contributed by atoms with Crippen LogP contribution in [0.4, 0.5) is 0 Å². The van der Waals surface area contributed by atoms with Crippen molar-refractivity contribution in [2.75, 3.05) is 7.11 Å². The maximum absolute atomic E-state index is 12.8. The van der Waals surface area contributed by atoms with Gasteiger partial charge in [0, 0.05) is 13.2 Å². The van der Waals surface area contributed by atoms with Gasteiger partial charge in [0.15, 0.2) is 0 Å². The van der Waals surface area contributed by atoms with E-state index in [0.29, 0.717) is 17.4 Å². The Morgan fingerprint density at radius 1 is 1.38 bits per heavy atom. The second-order valence-corrected chi connectivity index (χ2v) is 6.90. The van der Waals surface area contributed by atoms with E-state index in [0.717, 1.165) is 17.4 Å². The number of fused-ring (bicyclic) bond motifs is 1. The number of rotatable bonds is 6. The minimum atomic E-state index is -0.712. The van der Waals surface area contributed by atoms with Crippen LogP contribution in [0.5, 0.6) is 0 Å². The van der Waals surface area contributed by atoms with Crippen LogP contribution >= 0.6 is 0 Å². The summed E-state index contributed by atoms with van der Waals surface area (Å²) in [6, 6.07) is 1.35. The largest absolute Gasteiger partial charge is 0.405 e. The summed E-state index contributed by atoms with van der Waals surface area (Å²) >= 11 is 0. The topological polar surface area (TPSA) is 94.3 Å². The van der Waals surface area contributed by atoms with Crippen molar-refractivity contribution >= 4 is 11.1 Å². The summed E-state index contributed by atoms with van der Waals surface area (Å²) in [5, 5.41) is 0.249. The quantitative estimate of drug-likeness (QED) is 0.871. The van der Waals surface area contributed by atoms with Gasteiger partial charge >= 0.3 is 11.3 Å². The number of hydrogen-bond donors (Lipinski definition) is 1. The van der Waals surface area contributed by atoms with Crippen molar-refractivity contribution < 1.29 is 9.15 Å². The van der Waals surface area contributed by atoms with Gasteiger partial charge in [0.05, 0.1) is 0 Å². The van der Waals surface area contributed by atoms with E-state index in [9.17, 15) is 14.4 Å². The number of nitrogens with one attached hydrogen (secondary N) is 1. The molecule has 0 saturated heterocycles. The first-order chi connectivity index (χ1) is 11.3. The number of methoxy groups -OCH3 is 1. The molecule has 0 aromatic carbocycles. The summed E-state index contributed by atoms with van der Waals surface area (Å²) in [6.07, 6.45) is 4.29. The normalized spacial score (nSPS) is 17.1. The fourth-order valence-electron chi connectivity index (χ4n) is 3.04. The van der Waals surface area contributed by atoms with Crippen LogP contribution < -0.4 is 16.9 Å². The Labute approximate surface area is 138 Å². The van der Waals surface area contributed by atoms with Gasteiger partial charge in [-0.05, 0) is 50.0 Å². The minimum Gasteiger partial charge on any atom is -0.405 e. The van der Waals surface area contributed by atoms with E-state index in [1.807, 2.05) is 0 Å². The summed E-state index contributed by atoms with van der Waals surface area (Å²) in [4.78, 5) is 39.1. The molecule has 1 atom stereocenters. The highest BCUT2D eigenvalue weighted by Crippen LogP contribution is 2.49. The average Bonchev–Trinajstić information content (AvgIpc) is 3.23. The summed E-state index contributed by atoms with van der Waals surface area (Å²) < 4.78 is 11.1. The zero-order valence-corrected chi connectivity index (χ0v) is 14.2. The van der Waals surface area contributed by atoms with Gasteiger partial charge in [-0.15, -0.1) is 0 Å². The Morgan fingerprint density at radius 2 is 2.08 bits per heavy atom. The first-order valence-corrected chi connectivity index (χ1v) is 8.19. The van der Waals surface area contributed by atoms with Gasteiger partial charge < -0.3 is 9.15 Å². The van der Waals surface area contributed by atoms with Crippen molar-refractivity contribution in [3.8, 4) is 0 Å². The van der Waals surface area contributed by atoms with E-state index in [2.05, 4.69) is 11.9 Å². The third kappa shape index (κ3) is 3.08. The number of aromatic amines is 1. The highest BCUT2D eigenvalue weighted by Gasteiger charge is 2.36. The Morgan fingerprint density at radius 3 is 2.71 bits per heavy atom. The molecule has 0 spiro atoms. The van der Waals surface area contributed by atoms with Gasteiger partial charge in [0.25, 0.3) is 5.56 Å². The van der Waals surface area contributed by atoms with Crippen LogP contribution in [0.15, 0.2) is 24.9 Å². The smallest absolute Gasteiger partial charge is 0.337 e. The molecule has 0 bridgehead atoms. The van der Waals surface area contributed by atoms with Crippen LogP contribution in [0.3, 0.4) is 0 Å². The first-order valence-electron chi connectivity index (χ1n) is 8.19. The predicted molar refractivity (Wildman–Crippen MR) is 89.4 cm³/mol. The third-order valence-corrected chi connectivity index (χ3v) is 4.95. The van der Waals surface area contributed by atoms with Crippen molar-refractivity contribution in [3.63, 3.8) is 0 Å². The number of ether oxygens (including phenoxy) is 1. The molecule has 1 saturated carbocycles. The number of nitrogens with zero attached hydrogens (tertiary/aromatic N) is 1. The summed E-state index contributed by atoms with van der Waals surface area (Å²) in [5.74, 6) is 0. The third-order valence-electron chi connectivity index (χ3n) is 4.95. The lowest BCUT2D eigenvalue weighted by molar-refractivity contribution is 0.0542. The summed E-state index contributed by atoms with van der Waals surface area (Å²) in [6.45, 7) is 3.85. The average molecular weight is 334 g/mol. The number of aryl methyl sites for hydroxylation is 1. The predicted octanol–water partition coefficient (Wildman–Crippen LogP) is 1.93. The van der Waals surface area contributed by atoms with E-state index in [1.54, 1.807) is 6.92 Å². The molecule has 0 amide bonds. The molecule has 1 unspecified atom stereocenters. The fraction of sp³-hybridized carbons (Fsp3) is 0.588. The maximum atomic E-state index is 12.8. The molecule has 1 aliphatic rings. The molecule has 0 radical (unpaired) electrons. The van der Waals surface area contributed by atoms with Crippen LogP contribution in [0.25, 0.3) is 11.1 Å². The SMILES string of the molecule is COC(C)n1c(=O)[nH]c2oc(=O)cc(CCCC3(C)CC3)c2c1=O. The van der Waals surface area contributed by atoms with E-state index in [-0.39, 0.29) is 11.1 Å². The second kappa shape index (κ2) is 6.05. The lowest BCUT2D eigenvalue weighted by atomic mass is 9.98. The monoisotopic (exact) mass is 334 g/mol. The van der Waals surface area contributed by atoms with E-state index >= 15 is 0 Å². The van der Waals surface area contributed by atoms with E-state index in [4.69, 9.17) is 9.15 Å². The van der Waals surface area contributed by atoms with Crippen LogP contribution in [-0.4, -0.2) is 16.7 Å². The molecule has 2 aromatic heterocycles. The van der Waals surface area contributed by atoms with Gasteiger partial charge in [-0.3, -0.25) is 9.78 Å². The van der Waals surface area contributed by atoms with Gasteiger partial charge in [0.2, 0.25) is 5.71 Å². The fourth-order valence-corrected chi connectivity index (χ4v) is 3.04. The second-order valence-electron chi connectivity index (χ2n) is 6.90. The molecule has 2 heterocycles. The molecule has 0 aliphatic heterocycles. The molecule has 130 valence electrons. The Hall–Kier alpha value is -2.15. The van der Waals surface area contributed by atoms with Crippen molar-refractivity contribution in [3.05, 3.63) is 42.9 Å². The highest BCUT2D eigenvalue weighted by molar-refractivity contribution is 5.75. The van der Waals surface area contributed by atoms with E-state index < -0.39 is 23.1 Å². The molecular weight excluding hydrogens is 312 g/mol. The molecule has 24 heavy (non-hydrogen) atoms. The van der Waals surface area contributed by atoms with Gasteiger partial charge in [-0.25, -0.2) is 14.2 Å². The standard InChI is InChI=1S/C17H22N2O5/c1-10(23-3)19-15(21)13-11(5-4-6-17(2)7-8-17)9-12(20)24-14(13)18-16(19)22/h9-10H,4-8H2,1-3H3,(H,18,22). The van der Waals surface area contributed by atoms with Crippen molar-refractivity contribution in [2.24, 2.45) is 5.41 Å². The molecule has 3 rings (SSSR count). The van der Waals surface area contributed by atoms with Crippen LogP contribution in [0.2, 0.25) is 0 Å². The molecular formula is C17H22N2O5. The number of aromatic nitrogens is 2. The van der Waals surface area contributed by atoms with Gasteiger partial charge in [-0.1, -0.05) is 6.92 Å². The van der Waals surface area contributed by atoms with Crippen LogP contribution in [-0.2, 0) is 11.2 Å². The summed E-state index contributed by atoms with van der Waals surface area (Å²) in [5.41, 5.74) is -0.766. The summed E-state index contributed by atoms with van der Waals surface area (Å²) in [7, 11) is 1.42. The molecule has 1 fully saturated rings. The lowest BCUT2D eigenvalue weighted by Gasteiger charge is -2.13. The number of hydrogen-bond acceptors (Lipinski definition) is 5. The van der Waals surface area contributed by atoms with E-state index in [1.165, 1.54) is 26.0 Å². The van der Waals surface area contributed by atoms with Crippen molar-refractivity contribution in [1.29, 1.82) is 0 Å². The van der Waals surface area contributed by atoms with Crippen molar-refractivity contribution in [2.45, 2.75) is 52.2 Å². The molecule has 7 heteroatoms. The molecule has 1 N–H and O–H groups in total. The van der Waals surface area contributed by atoms with Crippen LogP contribution in [0.1, 0.15) is 51.3 Å². The Balaban J connectivity index is 2.08. The Bertz CT molecular complexity index is 933. The maximum Gasteiger partial charge on any atom is 0.337 e. The first kappa shape index (κ1) is 16.7. The van der Waals surface area contributed by atoms with Crippen LogP contribution in [0, 0.1) is 5.41 Å². The molecule has 1 aliphatic carbocycles.